The Hall–Kier alpha value is -0.170. The first-order chi connectivity index (χ1) is 7.99. The van der Waals surface area contributed by atoms with Gasteiger partial charge in [-0.1, -0.05) is 20.3 Å². The normalized spacial score (nSPS) is 21.6. The number of hydrogen-bond donors (Lipinski definition) is 2. The average Bonchev–Trinajstić information content (AvgIpc) is 2.36. The van der Waals surface area contributed by atoms with E-state index in [9.17, 15) is 8.42 Å². The van der Waals surface area contributed by atoms with Crippen molar-refractivity contribution in [1.29, 1.82) is 0 Å². The molecule has 1 aliphatic rings. The van der Waals surface area contributed by atoms with Gasteiger partial charge in [0.15, 0.2) is 0 Å². The first-order valence-corrected chi connectivity index (χ1v) is 7.79. The molecule has 0 radical (unpaired) electrons. The smallest absolute Gasteiger partial charge is 0.279 e. The van der Waals surface area contributed by atoms with Crippen LogP contribution in [0.15, 0.2) is 0 Å². The number of aliphatic hydroxyl groups excluding tert-OH is 1. The Morgan fingerprint density at radius 1 is 1.41 bits per heavy atom. The molecule has 6 heteroatoms. The molecule has 1 rings (SSSR count). The van der Waals surface area contributed by atoms with Gasteiger partial charge in [0.05, 0.1) is 0 Å². The van der Waals surface area contributed by atoms with Gasteiger partial charge in [-0.2, -0.15) is 12.7 Å². The monoisotopic (exact) mass is 264 g/mol. The van der Waals surface area contributed by atoms with Crippen molar-refractivity contribution in [3.63, 3.8) is 0 Å². The summed E-state index contributed by atoms with van der Waals surface area (Å²) in [5, 5.41) is 9.00. The second kappa shape index (κ2) is 6.68. The van der Waals surface area contributed by atoms with E-state index in [4.69, 9.17) is 5.11 Å². The summed E-state index contributed by atoms with van der Waals surface area (Å²) >= 11 is 0. The van der Waals surface area contributed by atoms with Gasteiger partial charge in [-0.25, -0.2) is 4.72 Å². The minimum Gasteiger partial charge on any atom is -0.396 e. The maximum atomic E-state index is 12.0. The van der Waals surface area contributed by atoms with Crippen LogP contribution in [0.2, 0.25) is 0 Å². The van der Waals surface area contributed by atoms with E-state index in [1.54, 1.807) is 0 Å². The third-order valence-electron chi connectivity index (χ3n) is 3.48. The fourth-order valence-electron chi connectivity index (χ4n) is 1.82. The van der Waals surface area contributed by atoms with Crippen LogP contribution in [-0.4, -0.2) is 44.1 Å². The molecule has 0 amide bonds. The Bertz CT molecular complexity index is 311. The van der Waals surface area contributed by atoms with Gasteiger partial charge in [0.1, 0.15) is 0 Å². The van der Waals surface area contributed by atoms with Gasteiger partial charge in [-0.05, 0) is 24.7 Å². The Labute approximate surface area is 104 Å². The molecule has 2 N–H and O–H groups in total. The summed E-state index contributed by atoms with van der Waals surface area (Å²) in [5.41, 5.74) is 0. The quantitative estimate of drug-likeness (QED) is 0.737. The second-order valence-electron chi connectivity index (χ2n) is 4.89. The third-order valence-corrected chi connectivity index (χ3v) is 5.06. The van der Waals surface area contributed by atoms with E-state index >= 15 is 0 Å². The van der Waals surface area contributed by atoms with Crippen LogP contribution in [0.4, 0.5) is 0 Å². The first kappa shape index (κ1) is 14.9. The highest BCUT2D eigenvalue weighted by Crippen LogP contribution is 2.18. The number of hydrogen-bond acceptors (Lipinski definition) is 3. The Morgan fingerprint density at radius 3 is 2.47 bits per heavy atom. The first-order valence-electron chi connectivity index (χ1n) is 6.35. The maximum absolute atomic E-state index is 12.0. The van der Waals surface area contributed by atoms with Crippen LogP contribution in [0.25, 0.3) is 0 Å². The van der Waals surface area contributed by atoms with E-state index in [0.717, 1.165) is 19.3 Å². The molecule has 1 heterocycles. The van der Waals surface area contributed by atoms with Crippen LogP contribution < -0.4 is 4.72 Å². The van der Waals surface area contributed by atoms with Crippen LogP contribution >= 0.6 is 0 Å². The molecular weight excluding hydrogens is 240 g/mol. The summed E-state index contributed by atoms with van der Waals surface area (Å²) in [6.07, 6.45) is 2.47. The summed E-state index contributed by atoms with van der Waals surface area (Å²) in [5.74, 6) is 0.621. The molecule has 102 valence electrons. The van der Waals surface area contributed by atoms with Crippen LogP contribution in [0.3, 0.4) is 0 Å². The van der Waals surface area contributed by atoms with Crippen molar-refractivity contribution in [2.24, 2.45) is 11.8 Å². The molecule has 1 aliphatic heterocycles. The molecule has 0 aromatic rings. The molecule has 1 atom stereocenters. The molecule has 0 spiro atoms. The number of nitrogens with one attached hydrogen (secondary N) is 1. The lowest BCUT2D eigenvalue weighted by atomic mass is 10.00. The van der Waals surface area contributed by atoms with Gasteiger partial charge in [-0.15, -0.1) is 0 Å². The van der Waals surface area contributed by atoms with Gasteiger partial charge in [-0.3, -0.25) is 0 Å². The summed E-state index contributed by atoms with van der Waals surface area (Å²) in [7, 11) is -3.32. The minimum atomic E-state index is -3.32. The lowest BCUT2D eigenvalue weighted by molar-refractivity contribution is 0.169. The summed E-state index contributed by atoms with van der Waals surface area (Å²) < 4.78 is 28.0. The molecule has 0 aromatic carbocycles. The van der Waals surface area contributed by atoms with Gasteiger partial charge in [0.2, 0.25) is 0 Å². The van der Waals surface area contributed by atoms with Crippen molar-refractivity contribution in [2.75, 3.05) is 26.2 Å². The molecule has 1 fully saturated rings. The van der Waals surface area contributed by atoms with Crippen LogP contribution in [-0.2, 0) is 10.2 Å². The molecule has 1 unspecified atom stereocenters. The highest BCUT2D eigenvalue weighted by Gasteiger charge is 2.27. The molecule has 0 aromatic heterocycles. The van der Waals surface area contributed by atoms with Gasteiger partial charge < -0.3 is 5.11 Å². The SMILES string of the molecule is CCC(C)CNS(=O)(=O)N1CCC(CO)CC1. The molecule has 0 bridgehead atoms. The number of piperidine rings is 1. The maximum Gasteiger partial charge on any atom is 0.279 e. The third kappa shape index (κ3) is 4.54. The molecular formula is C11H24N2O3S. The minimum absolute atomic E-state index is 0.161. The topological polar surface area (TPSA) is 69.6 Å². The predicted octanol–water partition coefficient (Wildman–Crippen LogP) is 0.571. The summed E-state index contributed by atoms with van der Waals surface area (Å²) in [4.78, 5) is 0. The van der Waals surface area contributed by atoms with E-state index in [1.807, 2.05) is 13.8 Å². The highest BCUT2D eigenvalue weighted by molar-refractivity contribution is 7.87. The Balaban J connectivity index is 2.43. The zero-order valence-corrected chi connectivity index (χ0v) is 11.5. The standard InChI is InChI=1S/C11H24N2O3S/c1-3-10(2)8-12-17(15,16)13-6-4-11(9-14)5-7-13/h10-12,14H,3-9H2,1-2H3. The van der Waals surface area contributed by atoms with Crippen molar-refractivity contribution in [3.05, 3.63) is 0 Å². The summed E-state index contributed by atoms with van der Waals surface area (Å²) in [6.45, 7) is 5.77. The van der Waals surface area contributed by atoms with E-state index in [-0.39, 0.29) is 12.5 Å². The Morgan fingerprint density at radius 2 is 2.00 bits per heavy atom. The van der Waals surface area contributed by atoms with Crippen molar-refractivity contribution in [1.82, 2.24) is 9.03 Å². The Kier molecular flexibility index (Phi) is 5.85. The van der Waals surface area contributed by atoms with Crippen LogP contribution in [0.1, 0.15) is 33.1 Å². The van der Waals surface area contributed by atoms with Crippen LogP contribution in [0, 0.1) is 11.8 Å². The highest BCUT2D eigenvalue weighted by atomic mass is 32.2. The lowest BCUT2D eigenvalue weighted by Gasteiger charge is -2.30. The average molecular weight is 264 g/mol. The zero-order chi connectivity index (χ0) is 12.9. The van der Waals surface area contributed by atoms with E-state index in [2.05, 4.69) is 4.72 Å². The van der Waals surface area contributed by atoms with Crippen molar-refractivity contribution >= 4 is 10.2 Å². The van der Waals surface area contributed by atoms with E-state index < -0.39 is 10.2 Å². The fraction of sp³-hybridized carbons (Fsp3) is 1.00. The van der Waals surface area contributed by atoms with Crippen molar-refractivity contribution < 1.29 is 13.5 Å². The van der Waals surface area contributed by atoms with Crippen molar-refractivity contribution in [2.45, 2.75) is 33.1 Å². The molecule has 0 saturated carbocycles. The van der Waals surface area contributed by atoms with Crippen molar-refractivity contribution in [3.8, 4) is 0 Å². The van der Waals surface area contributed by atoms with Gasteiger partial charge in [0.25, 0.3) is 10.2 Å². The predicted molar refractivity (Wildman–Crippen MR) is 67.8 cm³/mol. The number of nitrogens with zero attached hydrogens (tertiary/aromatic N) is 1. The molecule has 0 aliphatic carbocycles. The lowest BCUT2D eigenvalue weighted by Crippen LogP contribution is -2.46. The fourth-order valence-corrected chi connectivity index (χ4v) is 3.18. The van der Waals surface area contributed by atoms with Gasteiger partial charge >= 0.3 is 0 Å². The van der Waals surface area contributed by atoms with E-state index in [1.165, 1.54) is 4.31 Å². The van der Waals surface area contributed by atoms with Gasteiger partial charge in [0, 0.05) is 26.2 Å². The van der Waals surface area contributed by atoms with Crippen LogP contribution in [0.5, 0.6) is 0 Å². The largest absolute Gasteiger partial charge is 0.396 e. The van der Waals surface area contributed by atoms with E-state index in [0.29, 0.717) is 25.6 Å². The number of rotatable bonds is 6. The molecule has 5 nitrogen and oxygen atoms in total. The summed E-state index contributed by atoms with van der Waals surface area (Å²) in [6, 6.07) is 0. The number of aliphatic hydroxyl groups is 1. The second-order valence-corrected chi connectivity index (χ2v) is 6.65. The molecule has 1 saturated heterocycles. The zero-order valence-electron chi connectivity index (χ0n) is 10.7. The molecule has 17 heavy (non-hydrogen) atoms.